The van der Waals surface area contributed by atoms with Gasteiger partial charge in [-0.2, -0.15) is 0 Å². The maximum atomic E-state index is 12.3. The number of carbonyl (C=O) groups excluding carboxylic acids is 2. The van der Waals surface area contributed by atoms with Crippen molar-refractivity contribution in [2.45, 2.75) is 38.7 Å². The van der Waals surface area contributed by atoms with Crippen molar-refractivity contribution in [2.75, 3.05) is 12.4 Å². The molecule has 3 rings (SSSR count). The zero-order chi connectivity index (χ0) is 18.5. The number of ether oxygens (including phenoxy) is 2. The molecule has 2 aromatic rings. The van der Waals surface area contributed by atoms with E-state index in [0.717, 1.165) is 30.5 Å². The first-order chi connectivity index (χ1) is 12.6. The molecule has 136 valence electrons. The molecule has 0 aliphatic heterocycles. The van der Waals surface area contributed by atoms with Crippen LogP contribution in [0.1, 0.15) is 30.0 Å². The zero-order valence-electron chi connectivity index (χ0n) is 15.1. The molecule has 0 unspecified atom stereocenters. The molecular weight excluding hydrogens is 330 g/mol. The van der Waals surface area contributed by atoms with Gasteiger partial charge in [-0.3, -0.25) is 9.59 Å². The lowest BCUT2D eigenvalue weighted by molar-refractivity contribution is -0.152. The molecule has 2 aromatic carbocycles. The van der Waals surface area contributed by atoms with E-state index in [-0.39, 0.29) is 12.3 Å². The van der Waals surface area contributed by atoms with Gasteiger partial charge in [-0.05, 0) is 55.5 Å². The van der Waals surface area contributed by atoms with Crippen molar-refractivity contribution in [1.82, 2.24) is 0 Å². The van der Waals surface area contributed by atoms with Gasteiger partial charge in [0.05, 0.1) is 13.5 Å². The molecule has 26 heavy (non-hydrogen) atoms. The average Bonchev–Trinajstić information content (AvgIpc) is 3.09. The Morgan fingerprint density at radius 1 is 1.12 bits per heavy atom. The lowest BCUT2D eigenvalue weighted by Crippen LogP contribution is -2.30. The minimum Gasteiger partial charge on any atom is -0.496 e. The minimum absolute atomic E-state index is 0.0560. The number of rotatable bonds is 6. The van der Waals surface area contributed by atoms with Gasteiger partial charge in [0.25, 0.3) is 5.91 Å². The molecule has 1 N–H and O–H groups in total. The fraction of sp³-hybridized carbons (Fsp3) is 0.333. The van der Waals surface area contributed by atoms with Crippen LogP contribution in [0.15, 0.2) is 42.5 Å². The van der Waals surface area contributed by atoms with Crippen LogP contribution in [0.25, 0.3) is 0 Å². The normalized spacial score (nSPS) is 13.6. The molecule has 1 amide bonds. The lowest BCUT2D eigenvalue weighted by Gasteiger charge is -2.15. The summed E-state index contributed by atoms with van der Waals surface area (Å²) in [6, 6.07) is 13.2. The van der Waals surface area contributed by atoms with Crippen LogP contribution < -0.4 is 10.1 Å². The molecule has 0 spiro atoms. The molecule has 5 nitrogen and oxygen atoms in total. The first kappa shape index (κ1) is 18.0. The summed E-state index contributed by atoms with van der Waals surface area (Å²) in [4.78, 5) is 24.5. The van der Waals surface area contributed by atoms with Crippen LogP contribution in [0.2, 0.25) is 0 Å². The smallest absolute Gasteiger partial charge is 0.311 e. The van der Waals surface area contributed by atoms with Crippen molar-refractivity contribution < 1.29 is 19.1 Å². The second-order valence-corrected chi connectivity index (χ2v) is 6.45. The van der Waals surface area contributed by atoms with Gasteiger partial charge < -0.3 is 14.8 Å². The van der Waals surface area contributed by atoms with Gasteiger partial charge in [0.15, 0.2) is 6.10 Å². The Kier molecular flexibility index (Phi) is 5.56. The first-order valence-corrected chi connectivity index (χ1v) is 8.81. The summed E-state index contributed by atoms with van der Waals surface area (Å²) >= 11 is 0. The predicted octanol–water partition coefficient (Wildman–Crippen LogP) is 3.30. The molecule has 0 radical (unpaired) electrons. The van der Waals surface area contributed by atoms with Crippen LogP contribution >= 0.6 is 0 Å². The number of carbonyl (C=O) groups is 2. The lowest BCUT2D eigenvalue weighted by atomic mass is 10.1. The Morgan fingerprint density at radius 2 is 1.88 bits per heavy atom. The molecule has 0 heterocycles. The number of benzene rings is 2. The Hall–Kier alpha value is -2.82. The number of nitrogens with one attached hydrogen (secondary N) is 1. The monoisotopic (exact) mass is 353 g/mol. The number of aryl methyl sites for hydroxylation is 2. The third kappa shape index (κ3) is 4.23. The van der Waals surface area contributed by atoms with E-state index in [1.165, 1.54) is 11.1 Å². The third-order valence-electron chi connectivity index (χ3n) is 4.57. The molecular formula is C21H23NO4. The van der Waals surface area contributed by atoms with Gasteiger partial charge >= 0.3 is 5.97 Å². The number of amides is 1. The van der Waals surface area contributed by atoms with Crippen molar-refractivity contribution >= 4 is 17.6 Å². The van der Waals surface area contributed by atoms with Gasteiger partial charge in [-0.15, -0.1) is 0 Å². The van der Waals surface area contributed by atoms with Gasteiger partial charge in [0.2, 0.25) is 0 Å². The van der Waals surface area contributed by atoms with Gasteiger partial charge in [-0.25, -0.2) is 0 Å². The molecule has 0 aromatic heterocycles. The fourth-order valence-electron chi connectivity index (χ4n) is 3.19. The highest BCUT2D eigenvalue weighted by Crippen LogP contribution is 2.25. The Morgan fingerprint density at radius 3 is 2.69 bits per heavy atom. The number of hydrogen-bond donors (Lipinski definition) is 1. The maximum Gasteiger partial charge on any atom is 0.311 e. The maximum absolute atomic E-state index is 12.3. The van der Waals surface area contributed by atoms with Crippen molar-refractivity contribution in [1.29, 1.82) is 0 Å². The number of para-hydroxylation sites is 1. The van der Waals surface area contributed by atoms with Gasteiger partial charge in [0, 0.05) is 11.3 Å². The molecule has 1 aliphatic rings. The fourth-order valence-corrected chi connectivity index (χ4v) is 3.19. The molecule has 1 atom stereocenters. The number of fused-ring (bicyclic) bond motifs is 1. The summed E-state index contributed by atoms with van der Waals surface area (Å²) in [6.07, 6.45) is 2.48. The highest BCUT2D eigenvalue weighted by atomic mass is 16.5. The van der Waals surface area contributed by atoms with Gasteiger partial charge in [0.1, 0.15) is 5.75 Å². The van der Waals surface area contributed by atoms with E-state index in [2.05, 4.69) is 11.4 Å². The van der Waals surface area contributed by atoms with Crippen molar-refractivity contribution in [2.24, 2.45) is 0 Å². The molecule has 0 fully saturated rings. The molecule has 5 heteroatoms. The largest absolute Gasteiger partial charge is 0.496 e. The predicted molar refractivity (Wildman–Crippen MR) is 99.3 cm³/mol. The number of methoxy groups -OCH3 is 1. The molecule has 1 aliphatic carbocycles. The van der Waals surface area contributed by atoms with E-state index >= 15 is 0 Å². The van der Waals surface area contributed by atoms with Crippen LogP contribution in [-0.2, 0) is 33.6 Å². The Bertz CT molecular complexity index is 815. The highest BCUT2D eigenvalue weighted by Gasteiger charge is 2.20. The number of anilines is 1. The van der Waals surface area contributed by atoms with Crippen LogP contribution in [0.4, 0.5) is 5.69 Å². The van der Waals surface area contributed by atoms with Crippen LogP contribution in [0.3, 0.4) is 0 Å². The SMILES string of the molecule is COc1ccccc1CC(=O)O[C@@H](C)C(=O)Nc1ccc2c(c1)CCC2. The first-order valence-electron chi connectivity index (χ1n) is 8.81. The summed E-state index contributed by atoms with van der Waals surface area (Å²) in [6.45, 7) is 1.57. The average molecular weight is 353 g/mol. The van der Waals surface area contributed by atoms with Crippen molar-refractivity contribution in [3.8, 4) is 5.75 Å². The molecule has 0 bridgehead atoms. The van der Waals surface area contributed by atoms with Crippen molar-refractivity contribution in [3.05, 3.63) is 59.2 Å². The van der Waals surface area contributed by atoms with Crippen LogP contribution in [-0.4, -0.2) is 25.1 Å². The summed E-state index contributed by atoms with van der Waals surface area (Å²) in [7, 11) is 1.55. The van der Waals surface area contributed by atoms with E-state index in [1.807, 2.05) is 24.3 Å². The highest BCUT2D eigenvalue weighted by molar-refractivity contribution is 5.95. The van der Waals surface area contributed by atoms with Crippen LogP contribution in [0.5, 0.6) is 5.75 Å². The van der Waals surface area contributed by atoms with E-state index in [1.54, 1.807) is 26.2 Å². The topological polar surface area (TPSA) is 64.6 Å². The standard InChI is InChI=1S/C21H23NO4/c1-14(26-20(23)13-17-6-3-4-9-19(17)25-2)21(24)22-18-11-10-15-7-5-8-16(15)12-18/h3-4,6,9-12,14H,5,7-8,13H2,1-2H3,(H,22,24)/t14-/m0/s1. The van der Waals surface area contributed by atoms with E-state index in [9.17, 15) is 9.59 Å². The van der Waals surface area contributed by atoms with E-state index in [0.29, 0.717) is 5.75 Å². The second-order valence-electron chi connectivity index (χ2n) is 6.45. The van der Waals surface area contributed by atoms with Crippen molar-refractivity contribution in [3.63, 3.8) is 0 Å². The summed E-state index contributed by atoms with van der Waals surface area (Å²) in [5.41, 5.74) is 4.09. The third-order valence-corrected chi connectivity index (χ3v) is 4.57. The number of hydrogen-bond acceptors (Lipinski definition) is 4. The van der Waals surface area contributed by atoms with E-state index in [4.69, 9.17) is 9.47 Å². The summed E-state index contributed by atoms with van der Waals surface area (Å²) in [5, 5.41) is 2.82. The number of esters is 1. The van der Waals surface area contributed by atoms with Gasteiger partial charge in [-0.1, -0.05) is 24.3 Å². The Labute approximate surface area is 153 Å². The molecule has 0 saturated heterocycles. The minimum atomic E-state index is -0.870. The summed E-state index contributed by atoms with van der Waals surface area (Å²) < 4.78 is 10.5. The molecule has 0 saturated carbocycles. The summed E-state index contributed by atoms with van der Waals surface area (Å²) in [5.74, 6) is -0.179. The Balaban J connectivity index is 1.56. The quantitative estimate of drug-likeness (QED) is 0.810. The second kappa shape index (κ2) is 8.04. The van der Waals surface area contributed by atoms with Crippen LogP contribution in [0, 0.1) is 0 Å². The zero-order valence-corrected chi connectivity index (χ0v) is 15.1. The van der Waals surface area contributed by atoms with E-state index < -0.39 is 12.1 Å².